The minimum absolute atomic E-state index is 0.680. The molecule has 114 valence electrons. The molecule has 2 heterocycles. The van der Waals surface area contributed by atoms with Crippen molar-refractivity contribution in [2.24, 2.45) is 4.99 Å². The molecule has 0 aromatic carbocycles. The molecule has 0 amide bonds. The van der Waals surface area contributed by atoms with Gasteiger partial charge in [-0.2, -0.15) is 11.3 Å². The highest BCUT2D eigenvalue weighted by molar-refractivity contribution is 7.13. The Balaban J connectivity index is 1.91. The van der Waals surface area contributed by atoms with Crippen LogP contribution < -0.4 is 15.5 Å². The highest BCUT2D eigenvalue weighted by atomic mass is 32.1. The van der Waals surface area contributed by atoms with Crippen LogP contribution in [0.2, 0.25) is 0 Å². The maximum atomic E-state index is 4.58. The Morgan fingerprint density at radius 2 is 2.19 bits per heavy atom. The van der Waals surface area contributed by atoms with E-state index >= 15 is 0 Å². The molecule has 2 aromatic heterocycles. The van der Waals surface area contributed by atoms with E-state index in [1.54, 1.807) is 22.7 Å². The van der Waals surface area contributed by atoms with E-state index in [-0.39, 0.29) is 0 Å². The molecule has 0 aliphatic rings. The number of hydrogen-bond acceptors (Lipinski definition) is 5. The molecular formula is C14H21N5S2. The number of anilines is 1. The van der Waals surface area contributed by atoms with Crippen molar-refractivity contribution in [2.45, 2.75) is 20.0 Å². The predicted molar refractivity (Wildman–Crippen MR) is 92.4 cm³/mol. The molecular weight excluding hydrogens is 302 g/mol. The first-order chi connectivity index (χ1) is 10.2. The largest absolute Gasteiger partial charge is 0.357 e. The summed E-state index contributed by atoms with van der Waals surface area (Å²) in [6.45, 7) is 4.28. The first-order valence-corrected chi connectivity index (χ1v) is 8.66. The number of thiophene rings is 1. The van der Waals surface area contributed by atoms with Gasteiger partial charge >= 0.3 is 0 Å². The van der Waals surface area contributed by atoms with Gasteiger partial charge in [-0.1, -0.05) is 0 Å². The van der Waals surface area contributed by atoms with Crippen LogP contribution in [-0.4, -0.2) is 31.6 Å². The number of aromatic nitrogens is 1. The van der Waals surface area contributed by atoms with E-state index in [4.69, 9.17) is 0 Å². The van der Waals surface area contributed by atoms with E-state index in [1.807, 2.05) is 19.0 Å². The van der Waals surface area contributed by atoms with Crippen molar-refractivity contribution in [3.05, 3.63) is 33.5 Å². The molecule has 0 atom stereocenters. The Hall–Kier alpha value is -1.60. The molecule has 0 bridgehead atoms. The average molecular weight is 323 g/mol. The summed E-state index contributed by atoms with van der Waals surface area (Å²) in [4.78, 5) is 11.1. The number of aliphatic imine (C=N–C) groups is 1. The van der Waals surface area contributed by atoms with E-state index in [1.165, 1.54) is 5.56 Å². The van der Waals surface area contributed by atoms with Crippen molar-refractivity contribution in [1.82, 2.24) is 15.6 Å². The highest BCUT2D eigenvalue weighted by Gasteiger charge is 2.04. The minimum atomic E-state index is 0.680. The predicted octanol–water partition coefficient (Wildman–Crippen LogP) is 2.53. The molecule has 0 fully saturated rings. The molecule has 0 aliphatic carbocycles. The zero-order chi connectivity index (χ0) is 15.1. The van der Waals surface area contributed by atoms with Gasteiger partial charge in [-0.25, -0.2) is 9.98 Å². The lowest BCUT2D eigenvalue weighted by Gasteiger charge is -2.10. The van der Waals surface area contributed by atoms with Gasteiger partial charge < -0.3 is 15.5 Å². The molecule has 5 nitrogen and oxygen atoms in total. The topological polar surface area (TPSA) is 52.6 Å². The number of nitrogens with zero attached hydrogens (tertiary/aromatic N) is 3. The lowest BCUT2D eigenvalue weighted by atomic mass is 10.3. The van der Waals surface area contributed by atoms with Gasteiger partial charge in [-0.05, 0) is 29.3 Å². The summed E-state index contributed by atoms with van der Waals surface area (Å²) >= 11 is 3.35. The van der Waals surface area contributed by atoms with Crippen molar-refractivity contribution in [3.63, 3.8) is 0 Å². The summed E-state index contributed by atoms with van der Waals surface area (Å²) in [6.07, 6.45) is 0. The van der Waals surface area contributed by atoms with Gasteiger partial charge in [0, 0.05) is 26.0 Å². The molecule has 0 saturated carbocycles. The number of thiazole rings is 1. The van der Waals surface area contributed by atoms with Crippen molar-refractivity contribution < 1.29 is 0 Å². The summed E-state index contributed by atoms with van der Waals surface area (Å²) in [6, 6.07) is 2.10. The molecule has 2 N–H and O–H groups in total. The Morgan fingerprint density at radius 3 is 2.81 bits per heavy atom. The van der Waals surface area contributed by atoms with Gasteiger partial charge in [0.05, 0.1) is 18.8 Å². The molecule has 7 heteroatoms. The van der Waals surface area contributed by atoms with Gasteiger partial charge in [-0.3, -0.25) is 0 Å². The van der Waals surface area contributed by atoms with Crippen LogP contribution in [0.5, 0.6) is 0 Å². The molecule has 2 rings (SSSR count). The van der Waals surface area contributed by atoms with Crippen LogP contribution in [0.15, 0.2) is 27.2 Å². The fourth-order valence-corrected chi connectivity index (χ4v) is 3.07. The first-order valence-electron chi connectivity index (χ1n) is 6.84. The van der Waals surface area contributed by atoms with Crippen LogP contribution in [-0.2, 0) is 13.1 Å². The van der Waals surface area contributed by atoms with E-state index in [0.29, 0.717) is 13.1 Å². The monoisotopic (exact) mass is 323 g/mol. The molecule has 0 aliphatic heterocycles. The highest BCUT2D eigenvalue weighted by Crippen LogP contribution is 2.17. The van der Waals surface area contributed by atoms with Crippen LogP contribution >= 0.6 is 22.7 Å². The van der Waals surface area contributed by atoms with Crippen molar-refractivity contribution >= 4 is 33.8 Å². The molecule has 0 unspecified atom stereocenters. The minimum Gasteiger partial charge on any atom is -0.357 e. The van der Waals surface area contributed by atoms with Gasteiger partial charge in [0.25, 0.3) is 0 Å². The van der Waals surface area contributed by atoms with Gasteiger partial charge in [0.1, 0.15) is 0 Å². The molecule has 0 saturated heterocycles. The van der Waals surface area contributed by atoms with Gasteiger partial charge in [0.2, 0.25) is 0 Å². The zero-order valence-corrected chi connectivity index (χ0v) is 14.2. The average Bonchev–Trinajstić information content (AvgIpc) is 3.13. The van der Waals surface area contributed by atoms with Gasteiger partial charge in [0.15, 0.2) is 11.1 Å². The number of guanidine groups is 1. The maximum Gasteiger partial charge on any atom is 0.191 e. The standard InChI is InChI=1S/C14H21N5S2/c1-4-15-13(16-7-11-5-6-20-9-11)17-8-12-10-21-14(18-12)19(2)3/h5-6,9-10H,4,7-8H2,1-3H3,(H2,15,16,17). The second-order valence-electron chi connectivity index (χ2n) is 4.70. The second-order valence-corrected chi connectivity index (χ2v) is 6.31. The summed E-state index contributed by atoms with van der Waals surface area (Å²) in [7, 11) is 4.00. The van der Waals surface area contributed by atoms with E-state index < -0.39 is 0 Å². The van der Waals surface area contributed by atoms with Crippen LogP contribution in [0.4, 0.5) is 5.13 Å². The van der Waals surface area contributed by atoms with Crippen LogP contribution in [0.1, 0.15) is 18.2 Å². The SMILES string of the molecule is CCNC(=NCc1ccsc1)NCc1csc(N(C)C)n1. The lowest BCUT2D eigenvalue weighted by molar-refractivity contribution is 0.803. The quantitative estimate of drug-likeness (QED) is 0.633. The third-order valence-electron chi connectivity index (χ3n) is 2.70. The maximum absolute atomic E-state index is 4.58. The molecule has 0 radical (unpaired) electrons. The Morgan fingerprint density at radius 1 is 1.33 bits per heavy atom. The third kappa shape index (κ3) is 5.02. The van der Waals surface area contributed by atoms with Crippen molar-refractivity contribution in [3.8, 4) is 0 Å². The lowest BCUT2D eigenvalue weighted by Crippen LogP contribution is -2.36. The molecule has 0 spiro atoms. The van der Waals surface area contributed by atoms with E-state index in [0.717, 1.165) is 23.3 Å². The smallest absolute Gasteiger partial charge is 0.191 e. The summed E-state index contributed by atoms with van der Waals surface area (Å²) in [5.74, 6) is 0.822. The second kappa shape index (κ2) is 7.99. The van der Waals surface area contributed by atoms with Crippen LogP contribution in [0, 0.1) is 0 Å². The van der Waals surface area contributed by atoms with Gasteiger partial charge in [-0.15, -0.1) is 11.3 Å². The number of nitrogens with one attached hydrogen (secondary N) is 2. The van der Waals surface area contributed by atoms with Crippen molar-refractivity contribution in [2.75, 3.05) is 25.5 Å². The Bertz CT molecular complexity index is 560. The van der Waals surface area contributed by atoms with E-state index in [9.17, 15) is 0 Å². The summed E-state index contributed by atoms with van der Waals surface area (Å²) in [5, 5.41) is 13.9. The molecule has 21 heavy (non-hydrogen) atoms. The zero-order valence-electron chi connectivity index (χ0n) is 12.6. The fraction of sp³-hybridized carbons (Fsp3) is 0.429. The fourth-order valence-electron chi connectivity index (χ4n) is 1.65. The Labute approximate surface area is 133 Å². The van der Waals surface area contributed by atoms with E-state index in [2.05, 4.69) is 49.7 Å². The van der Waals surface area contributed by atoms with Crippen LogP contribution in [0.25, 0.3) is 0 Å². The third-order valence-corrected chi connectivity index (χ3v) is 4.49. The molecule has 2 aromatic rings. The van der Waals surface area contributed by atoms with Crippen molar-refractivity contribution in [1.29, 1.82) is 0 Å². The van der Waals surface area contributed by atoms with Crippen LogP contribution in [0.3, 0.4) is 0 Å². The summed E-state index contributed by atoms with van der Waals surface area (Å²) in [5.41, 5.74) is 2.27. The summed E-state index contributed by atoms with van der Waals surface area (Å²) < 4.78 is 0. The Kier molecular flexibility index (Phi) is 6.01. The number of rotatable bonds is 6. The number of hydrogen-bond donors (Lipinski definition) is 2. The normalized spacial score (nSPS) is 11.5. The first kappa shape index (κ1) is 15.8.